The Kier molecular flexibility index (Phi) is 4.47. The highest BCUT2D eigenvalue weighted by Crippen LogP contribution is 2.26. The Balaban J connectivity index is 2.98. The number of sulfonamides is 1. The third kappa shape index (κ3) is 4.46. The lowest BCUT2D eigenvalue weighted by molar-refractivity contribution is -0.126. The molecular weight excluding hydrogens is 290 g/mol. The van der Waals surface area contributed by atoms with Gasteiger partial charge in [-0.3, -0.25) is 9.52 Å². The molecule has 1 amide bonds. The van der Waals surface area contributed by atoms with E-state index in [1.165, 1.54) is 12.1 Å². The number of rotatable bonds is 4. The van der Waals surface area contributed by atoms with E-state index in [2.05, 4.69) is 4.72 Å². The van der Waals surface area contributed by atoms with Gasteiger partial charge in [0.25, 0.3) is 5.91 Å². The monoisotopic (exact) mass is 298 g/mol. The summed E-state index contributed by atoms with van der Waals surface area (Å²) in [6.45, 7) is 0. The average molecular weight is 299 g/mol. The van der Waals surface area contributed by atoms with Gasteiger partial charge in [0, 0.05) is 0 Å². The zero-order valence-electron chi connectivity index (χ0n) is 9.08. The van der Waals surface area contributed by atoms with Gasteiger partial charge in [0.05, 0.1) is 22.7 Å². The highest BCUT2D eigenvalue weighted by atomic mass is 35.5. The van der Waals surface area contributed by atoms with Gasteiger partial charge in [0.1, 0.15) is 0 Å². The van der Waals surface area contributed by atoms with Gasteiger partial charge < -0.3 is 5.32 Å². The zero-order valence-corrected chi connectivity index (χ0v) is 10.6. The van der Waals surface area contributed by atoms with E-state index >= 15 is 0 Å². The number of benzene rings is 1. The lowest BCUT2D eigenvalue weighted by Crippen LogP contribution is -2.20. The first-order chi connectivity index (χ1) is 8.19. The van der Waals surface area contributed by atoms with Crippen molar-refractivity contribution >= 4 is 38.9 Å². The van der Waals surface area contributed by atoms with Gasteiger partial charge in [-0.25, -0.2) is 8.42 Å². The highest BCUT2D eigenvalue weighted by Gasteiger charge is 2.16. The van der Waals surface area contributed by atoms with Gasteiger partial charge in [0.2, 0.25) is 10.0 Å². The molecule has 0 aromatic heterocycles. The summed E-state index contributed by atoms with van der Waals surface area (Å²) in [5.41, 5.74) is 0.00193. The van der Waals surface area contributed by atoms with Crippen molar-refractivity contribution in [1.29, 1.82) is 0 Å². The molecule has 0 aliphatic rings. The van der Waals surface area contributed by atoms with Crippen LogP contribution in [0, 0.1) is 0 Å². The molecule has 1 aromatic carbocycles. The Labute approximate surface area is 107 Å². The summed E-state index contributed by atoms with van der Waals surface area (Å²) in [6.07, 6.45) is -2.26. The van der Waals surface area contributed by atoms with Crippen LogP contribution >= 0.6 is 11.6 Å². The minimum Gasteiger partial charge on any atom is -0.320 e. The van der Waals surface area contributed by atoms with Crippen LogP contribution in [-0.4, -0.2) is 27.0 Å². The second-order valence-corrected chi connectivity index (χ2v) is 5.51. The van der Waals surface area contributed by atoms with Crippen molar-refractivity contribution in [2.75, 3.05) is 16.3 Å². The van der Waals surface area contributed by atoms with Crippen LogP contribution in [0.15, 0.2) is 18.2 Å². The molecule has 100 valence electrons. The van der Waals surface area contributed by atoms with E-state index < -0.39 is 22.4 Å². The quantitative estimate of drug-likeness (QED) is 0.891. The number of halogens is 3. The largest absolute Gasteiger partial charge is 0.320 e. The van der Waals surface area contributed by atoms with Crippen molar-refractivity contribution in [2.24, 2.45) is 0 Å². The molecule has 0 aliphatic heterocycles. The molecule has 0 fully saturated rings. The van der Waals surface area contributed by atoms with E-state index in [0.717, 1.165) is 12.3 Å². The maximum atomic E-state index is 12.1. The van der Waals surface area contributed by atoms with E-state index in [1.807, 2.05) is 5.32 Å². The smallest absolute Gasteiger partial charge is 0.315 e. The van der Waals surface area contributed by atoms with Crippen molar-refractivity contribution in [3.05, 3.63) is 23.2 Å². The topological polar surface area (TPSA) is 75.3 Å². The van der Waals surface area contributed by atoms with Crippen LogP contribution in [-0.2, 0) is 14.8 Å². The summed E-state index contributed by atoms with van der Waals surface area (Å²) < 4.78 is 48.2. The molecule has 0 spiro atoms. The number of alkyl halides is 2. The Hall–Kier alpha value is -1.41. The molecule has 0 radical (unpaired) electrons. The normalized spacial score (nSPS) is 11.4. The van der Waals surface area contributed by atoms with Crippen LogP contribution in [0.5, 0.6) is 0 Å². The number of anilines is 2. The molecule has 0 heterocycles. The standard InChI is InChI=1S/C9H9ClF2N2O3S/c1-18(16,17)14-5-2-3-6(10)7(4-5)13-9(15)8(11)12/h2-4,8,14H,1H3,(H,13,15). The first-order valence-corrected chi connectivity index (χ1v) is 6.82. The Morgan fingerprint density at radius 3 is 2.50 bits per heavy atom. The maximum absolute atomic E-state index is 12.1. The fourth-order valence-electron chi connectivity index (χ4n) is 1.09. The van der Waals surface area contributed by atoms with Gasteiger partial charge in [0.15, 0.2) is 0 Å². The Morgan fingerprint density at radius 1 is 1.39 bits per heavy atom. The lowest BCUT2D eigenvalue weighted by atomic mass is 10.3. The molecule has 0 saturated carbocycles. The first kappa shape index (κ1) is 14.7. The van der Waals surface area contributed by atoms with Gasteiger partial charge in [-0.1, -0.05) is 11.6 Å². The van der Waals surface area contributed by atoms with Gasteiger partial charge in [-0.05, 0) is 18.2 Å². The molecule has 2 N–H and O–H groups in total. The van der Waals surface area contributed by atoms with Gasteiger partial charge >= 0.3 is 6.43 Å². The summed E-state index contributed by atoms with van der Waals surface area (Å²) in [5.74, 6) is -1.52. The molecule has 0 aliphatic carbocycles. The second kappa shape index (κ2) is 5.49. The number of carbonyl (C=O) groups excluding carboxylic acids is 1. The van der Waals surface area contributed by atoms with Crippen LogP contribution in [0.3, 0.4) is 0 Å². The third-order valence-corrected chi connectivity index (χ3v) is 2.66. The number of nitrogens with one attached hydrogen (secondary N) is 2. The predicted molar refractivity (Wildman–Crippen MR) is 64.6 cm³/mol. The summed E-state index contributed by atoms with van der Waals surface area (Å²) in [7, 11) is -3.51. The molecule has 0 bridgehead atoms. The molecule has 1 aromatic rings. The summed E-state index contributed by atoms with van der Waals surface area (Å²) >= 11 is 5.68. The predicted octanol–water partition coefficient (Wildman–Crippen LogP) is 1.92. The summed E-state index contributed by atoms with van der Waals surface area (Å²) in [4.78, 5) is 10.8. The number of hydrogen-bond donors (Lipinski definition) is 2. The molecule has 0 saturated heterocycles. The van der Waals surface area contributed by atoms with Gasteiger partial charge in [-0.15, -0.1) is 0 Å². The van der Waals surface area contributed by atoms with Crippen LogP contribution in [0.25, 0.3) is 0 Å². The molecular formula is C9H9ClF2N2O3S. The van der Waals surface area contributed by atoms with Crippen molar-refractivity contribution in [3.63, 3.8) is 0 Å². The van der Waals surface area contributed by atoms with E-state index in [4.69, 9.17) is 11.6 Å². The second-order valence-electron chi connectivity index (χ2n) is 3.36. The molecule has 18 heavy (non-hydrogen) atoms. The fraction of sp³-hybridized carbons (Fsp3) is 0.222. The SMILES string of the molecule is CS(=O)(=O)Nc1ccc(Cl)c(NC(=O)C(F)F)c1. The molecule has 0 unspecified atom stereocenters. The van der Waals surface area contributed by atoms with Crippen LogP contribution < -0.4 is 10.0 Å². The average Bonchev–Trinajstić information content (AvgIpc) is 2.20. The number of amides is 1. The van der Waals surface area contributed by atoms with Crippen molar-refractivity contribution in [3.8, 4) is 0 Å². The highest BCUT2D eigenvalue weighted by molar-refractivity contribution is 7.92. The Bertz CT molecular complexity index is 563. The van der Waals surface area contributed by atoms with Crippen LogP contribution in [0.2, 0.25) is 5.02 Å². The van der Waals surface area contributed by atoms with Crippen LogP contribution in [0.4, 0.5) is 20.2 Å². The third-order valence-electron chi connectivity index (χ3n) is 1.73. The zero-order chi connectivity index (χ0) is 13.9. The summed E-state index contributed by atoms with van der Waals surface area (Å²) in [5, 5.41) is 1.90. The minimum absolute atomic E-state index is 0.0167. The molecule has 0 atom stereocenters. The molecule has 9 heteroatoms. The van der Waals surface area contributed by atoms with Gasteiger partial charge in [-0.2, -0.15) is 8.78 Å². The Morgan fingerprint density at radius 2 is 2.00 bits per heavy atom. The molecule has 5 nitrogen and oxygen atoms in total. The number of hydrogen-bond acceptors (Lipinski definition) is 3. The summed E-state index contributed by atoms with van der Waals surface area (Å²) in [6, 6.07) is 3.75. The van der Waals surface area contributed by atoms with Crippen molar-refractivity contribution < 1.29 is 22.0 Å². The van der Waals surface area contributed by atoms with E-state index in [-0.39, 0.29) is 16.4 Å². The van der Waals surface area contributed by atoms with E-state index in [1.54, 1.807) is 0 Å². The molecule has 1 rings (SSSR count). The van der Waals surface area contributed by atoms with E-state index in [9.17, 15) is 22.0 Å². The first-order valence-electron chi connectivity index (χ1n) is 4.55. The van der Waals surface area contributed by atoms with Crippen LogP contribution in [0.1, 0.15) is 0 Å². The van der Waals surface area contributed by atoms with Crippen molar-refractivity contribution in [1.82, 2.24) is 0 Å². The minimum atomic E-state index is -3.51. The lowest BCUT2D eigenvalue weighted by Gasteiger charge is -2.09. The maximum Gasteiger partial charge on any atom is 0.315 e. The van der Waals surface area contributed by atoms with Crippen molar-refractivity contribution in [2.45, 2.75) is 6.43 Å². The number of carbonyl (C=O) groups is 1. The van der Waals surface area contributed by atoms with E-state index in [0.29, 0.717) is 0 Å². The fourth-order valence-corrected chi connectivity index (χ4v) is 1.81.